The van der Waals surface area contributed by atoms with Gasteiger partial charge in [0, 0.05) is 19.5 Å². The topological polar surface area (TPSA) is 61.9 Å². The van der Waals surface area contributed by atoms with Gasteiger partial charge in [-0.15, -0.1) is 0 Å². The molecular weight excluding hydrogens is 373 g/mol. The molecule has 1 aliphatic heterocycles. The minimum Gasteiger partial charge on any atom is -0.494 e. The molecule has 29 heavy (non-hydrogen) atoms. The molecule has 2 aromatic carbocycles. The van der Waals surface area contributed by atoms with Gasteiger partial charge in [-0.2, -0.15) is 0 Å². The van der Waals surface area contributed by atoms with Crippen LogP contribution in [-0.2, 0) is 9.59 Å². The molecular formula is C22H26FN3O3. The Labute approximate surface area is 170 Å². The van der Waals surface area contributed by atoms with E-state index < -0.39 is 0 Å². The van der Waals surface area contributed by atoms with Gasteiger partial charge in [0.05, 0.1) is 24.5 Å². The molecule has 7 heteroatoms. The molecule has 1 fully saturated rings. The van der Waals surface area contributed by atoms with E-state index in [1.165, 1.54) is 12.1 Å². The van der Waals surface area contributed by atoms with Crippen molar-refractivity contribution in [3.05, 3.63) is 54.3 Å². The number of likely N-dealkylation sites (N-methyl/N-ethyl adjacent to an activating group) is 1. The van der Waals surface area contributed by atoms with Crippen LogP contribution in [0, 0.1) is 5.82 Å². The molecule has 0 bridgehead atoms. The zero-order valence-electron chi connectivity index (χ0n) is 16.6. The smallest absolute Gasteiger partial charge is 0.238 e. The van der Waals surface area contributed by atoms with Crippen LogP contribution in [0.2, 0.25) is 0 Å². The predicted octanol–water partition coefficient (Wildman–Crippen LogP) is 3.29. The predicted molar refractivity (Wildman–Crippen MR) is 111 cm³/mol. The molecule has 2 amide bonds. The zero-order chi connectivity index (χ0) is 20.6. The van der Waals surface area contributed by atoms with Gasteiger partial charge in [-0.1, -0.05) is 12.1 Å². The Balaban J connectivity index is 1.43. The molecule has 0 aliphatic carbocycles. The molecule has 1 aliphatic rings. The number of rotatable bonds is 9. The highest BCUT2D eigenvalue weighted by molar-refractivity contribution is 6.02. The number of para-hydroxylation sites is 2. The average molecular weight is 399 g/mol. The van der Waals surface area contributed by atoms with Gasteiger partial charge in [-0.25, -0.2) is 4.39 Å². The molecule has 1 heterocycles. The molecule has 0 unspecified atom stereocenters. The first-order valence-electron chi connectivity index (χ1n) is 9.79. The van der Waals surface area contributed by atoms with E-state index in [9.17, 15) is 14.0 Å². The minimum atomic E-state index is -0.293. The number of hydrogen-bond donors (Lipinski definition) is 1. The summed E-state index contributed by atoms with van der Waals surface area (Å²) in [5.41, 5.74) is 1.40. The van der Waals surface area contributed by atoms with Crippen LogP contribution < -0.4 is 15.0 Å². The number of nitrogens with one attached hydrogen (secondary N) is 1. The van der Waals surface area contributed by atoms with Crippen molar-refractivity contribution < 1.29 is 18.7 Å². The van der Waals surface area contributed by atoms with E-state index in [1.54, 1.807) is 17.0 Å². The number of amides is 2. The van der Waals surface area contributed by atoms with Crippen molar-refractivity contribution in [1.82, 2.24) is 4.90 Å². The number of anilines is 2. The summed E-state index contributed by atoms with van der Waals surface area (Å²) in [6, 6.07) is 13.3. The molecule has 0 radical (unpaired) electrons. The summed E-state index contributed by atoms with van der Waals surface area (Å²) in [4.78, 5) is 28.1. The molecule has 1 N–H and O–H groups in total. The summed E-state index contributed by atoms with van der Waals surface area (Å²) in [5.74, 6) is 0.287. The molecule has 0 spiro atoms. The lowest BCUT2D eigenvalue weighted by atomic mass is 10.2. The van der Waals surface area contributed by atoms with E-state index in [2.05, 4.69) is 5.32 Å². The van der Waals surface area contributed by atoms with Gasteiger partial charge < -0.3 is 15.0 Å². The SMILES string of the molecule is CN(CCCOc1ccc(F)cc1)CC(=O)Nc1ccccc1N1CCCC1=O. The first-order valence-corrected chi connectivity index (χ1v) is 9.79. The number of ether oxygens (including phenoxy) is 1. The number of carbonyl (C=O) groups excluding carboxylic acids is 2. The maximum absolute atomic E-state index is 12.9. The van der Waals surface area contributed by atoms with Gasteiger partial charge in [0.25, 0.3) is 0 Å². The normalized spacial score (nSPS) is 13.8. The fraction of sp³-hybridized carbons (Fsp3) is 0.364. The van der Waals surface area contributed by atoms with E-state index >= 15 is 0 Å². The third-order valence-corrected chi connectivity index (χ3v) is 4.72. The van der Waals surface area contributed by atoms with Crippen molar-refractivity contribution in [3.8, 4) is 5.75 Å². The summed E-state index contributed by atoms with van der Waals surface area (Å²) < 4.78 is 18.4. The van der Waals surface area contributed by atoms with Gasteiger partial charge in [-0.05, 0) is 56.3 Å². The van der Waals surface area contributed by atoms with Gasteiger partial charge in [0.15, 0.2) is 0 Å². The van der Waals surface area contributed by atoms with Crippen LogP contribution in [0.1, 0.15) is 19.3 Å². The Kier molecular flexibility index (Phi) is 7.19. The second-order valence-corrected chi connectivity index (χ2v) is 7.11. The van der Waals surface area contributed by atoms with Crippen molar-refractivity contribution in [3.63, 3.8) is 0 Å². The van der Waals surface area contributed by atoms with E-state index in [-0.39, 0.29) is 24.2 Å². The van der Waals surface area contributed by atoms with Crippen LogP contribution in [0.3, 0.4) is 0 Å². The Morgan fingerprint density at radius 2 is 1.97 bits per heavy atom. The molecule has 154 valence electrons. The van der Waals surface area contributed by atoms with Crippen LogP contribution in [0.25, 0.3) is 0 Å². The molecule has 3 rings (SSSR count). The Hall–Kier alpha value is -2.93. The maximum Gasteiger partial charge on any atom is 0.238 e. The Morgan fingerprint density at radius 1 is 1.21 bits per heavy atom. The van der Waals surface area contributed by atoms with Crippen molar-refractivity contribution in [2.24, 2.45) is 0 Å². The summed E-state index contributed by atoms with van der Waals surface area (Å²) in [6.45, 7) is 2.08. The highest BCUT2D eigenvalue weighted by atomic mass is 19.1. The average Bonchev–Trinajstić information content (AvgIpc) is 3.12. The summed E-state index contributed by atoms with van der Waals surface area (Å²) >= 11 is 0. The standard InChI is InChI=1S/C22H26FN3O3/c1-25(13-5-15-29-18-11-9-17(23)10-12-18)16-21(27)24-19-6-2-3-7-20(19)26-14-4-8-22(26)28/h2-3,6-7,9-12H,4-5,8,13-16H2,1H3,(H,24,27). The lowest BCUT2D eigenvalue weighted by molar-refractivity contribution is -0.118. The molecule has 1 saturated heterocycles. The van der Waals surface area contributed by atoms with Crippen LogP contribution in [-0.4, -0.2) is 50.0 Å². The van der Waals surface area contributed by atoms with Crippen molar-refractivity contribution in [2.45, 2.75) is 19.3 Å². The quantitative estimate of drug-likeness (QED) is 0.658. The number of halogens is 1. The van der Waals surface area contributed by atoms with Gasteiger partial charge in [0.1, 0.15) is 11.6 Å². The van der Waals surface area contributed by atoms with Crippen molar-refractivity contribution in [2.75, 3.05) is 43.5 Å². The van der Waals surface area contributed by atoms with Crippen molar-refractivity contribution in [1.29, 1.82) is 0 Å². The largest absolute Gasteiger partial charge is 0.494 e. The Morgan fingerprint density at radius 3 is 2.69 bits per heavy atom. The van der Waals surface area contributed by atoms with Crippen LogP contribution >= 0.6 is 0 Å². The molecule has 2 aromatic rings. The van der Waals surface area contributed by atoms with Gasteiger partial charge >= 0.3 is 0 Å². The minimum absolute atomic E-state index is 0.0879. The first-order chi connectivity index (χ1) is 14.0. The summed E-state index contributed by atoms with van der Waals surface area (Å²) in [6.07, 6.45) is 2.12. The molecule has 0 aromatic heterocycles. The molecule has 0 saturated carbocycles. The lowest BCUT2D eigenvalue weighted by Gasteiger charge is -2.21. The monoisotopic (exact) mass is 399 g/mol. The number of carbonyl (C=O) groups is 2. The third-order valence-electron chi connectivity index (χ3n) is 4.72. The van der Waals surface area contributed by atoms with E-state index in [4.69, 9.17) is 4.74 Å². The second kappa shape index (κ2) is 10.0. The highest BCUT2D eigenvalue weighted by Crippen LogP contribution is 2.29. The zero-order valence-corrected chi connectivity index (χ0v) is 16.6. The van der Waals surface area contributed by atoms with E-state index in [1.807, 2.05) is 36.2 Å². The van der Waals surface area contributed by atoms with Crippen LogP contribution in [0.5, 0.6) is 5.75 Å². The first kappa shape index (κ1) is 20.8. The molecule has 6 nitrogen and oxygen atoms in total. The lowest BCUT2D eigenvalue weighted by Crippen LogP contribution is -2.32. The maximum atomic E-state index is 12.9. The summed E-state index contributed by atoms with van der Waals surface area (Å²) in [5, 5.41) is 2.92. The number of nitrogens with zero attached hydrogens (tertiary/aromatic N) is 2. The van der Waals surface area contributed by atoms with Crippen LogP contribution in [0.15, 0.2) is 48.5 Å². The number of benzene rings is 2. The Bertz CT molecular complexity index is 841. The second-order valence-electron chi connectivity index (χ2n) is 7.11. The van der Waals surface area contributed by atoms with Crippen molar-refractivity contribution >= 4 is 23.2 Å². The van der Waals surface area contributed by atoms with E-state index in [0.717, 1.165) is 18.5 Å². The van der Waals surface area contributed by atoms with Gasteiger partial charge in [-0.3, -0.25) is 14.5 Å². The molecule has 0 atom stereocenters. The summed E-state index contributed by atoms with van der Waals surface area (Å²) in [7, 11) is 1.87. The fourth-order valence-electron chi connectivity index (χ4n) is 3.29. The highest BCUT2D eigenvalue weighted by Gasteiger charge is 2.24. The van der Waals surface area contributed by atoms with Gasteiger partial charge in [0.2, 0.25) is 11.8 Å². The van der Waals surface area contributed by atoms with Crippen LogP contribution in [0.4, 0.5) is 15.8 Å². The van der Waals surface area contributed by atoms with E-state index in [0.29, 0.717) is 37.6 Å². The third kappa shape index (κ3) is 6.02. The number of hydrogen-bond acceptors (Lipinski definition) is 4. The fourth-order valence-corrected chi connectivity index (χ4v) is 3.29.